The van der Waals surface area contributed by atoms with E-state index in [4.69, 9.17) is 0 Å². The summed E-state index contributed by atoms with van der Waals surface area (Å²) in [4.78, 5) is 17.2. The number of carbonyl (C=O) groups excluding carboxylic acids is 1. The summed E-state index contributed by atoms with van der Waals surface area (Å²) in [5, 5.41) is 1.96. The Balaban J connectivity index is 1.68. The maximum absolute atomic E-state index is 13.2. The van der Waals surface area contributed by atoms with Crippen LogP contribution in [-0.4, -0.2) is 53.5 Å². The van der Waals surface area contributed by atoms with Gasteiger partial charge in [-0.15, -0.1) is 11.3 Å². The van der Waals surface area contributed by atoms with Crippen molar-refractivity contribution in [3.05, 3.63) is 57.0 Å². The van der Waals surface area contributed by atoms with E-state index in [1.54, 1.807) is 0 Å². The van der Waals surface area contributed by atoms with Crippen LogP contribution >= 0.6 is 27.3 Å². The van der Waals surface area contributed by atoms with Gasteiger partial charge >= 0.3 is 6.18 Å². The van der Waals surface area contributed by atoms with E-state index in [-0.39, 0.29) is 5.91 Å². The number of halogens is 4. The molecule has 0 atom stereocenters. The standard InChI is InChI=1S/C20H19BrF3N3OS/c1-25-6-8-26(9-7-25)19(28)16-10-17-18(15(21)12-29-17)27(16)11-13-2-4-14(5-3-13)20(22,23)24/h2-5,10,12H,6-9,11H2,1H3. The summed E-state index contributed by atoms with van der Waals surface area (Å²) in [6.07, 6.45) is -4.36. The number of benzene rings is 1. The second-order valence-electron chi connectivity index (χ2n) is 7.20. The molecule has 0 radical (unpaired) electrons. The summed E-state index contributed by atoms with van der Waals surface area (Å²) in [6.45, 7) is 3.30. The number of fused-ring (bicyclic) bond motifs is 1. The maximum atomic E-state index is 13.2. The van der Waals surface area contributed by atoms with Gasteiger partial charge in [-0.2, -0.15) is 13.2 Å². The summed E-state index contributed by atoms with van der Waals surface area (Å²) in [5.41, 5.74) is 1.50. The Morgan fingerprint density at radius 2 is 1.79 bits per heavy atom. The van der Waals surface area contributed by atoms with Gasteiger partial charge in [-0.3, -0.25) is 4.79 Å². The van der Waals surface area contributed by atoms with Crippen LogP contribution in [0.2, 0.25) is 0 Å². The first-order chi connectivity index (χ1) is 13.7. The molecule has 1 amide bonds. The normalized spacial score (nSPS) is 16.0. The molecule has 1 aromatic carbocycles. The zero-order valence-corrected chi connectivity index (χ0v) is 18.1. The number of rotatable bonds is 3. The number of hydrogen-bond donors (Lipinski definition) is 0. The summed E-state index contributed by atoms with van der Waals surface area (Å²) in [6, 6.07) is 6.99. The van der Waals surface area contributed by atoms with Gasteiger partial charge in [0.2, 0.25) is 0 Å². The lowest BCUT2D eigenvalue weighted by atomic mass is 10.1. The quantitative estimate of drug-likeness (QED) is 0.526. The summed E-state index contributed by atoms with van der Waals surface area (Å²) in [5.74, 6) is -0.0414. The fourth-order valence-corrected chi connectivity index (χ4v) is 5.22. The molecule has 1 aliphatic rings. The number of alkyl halides is 3. The van der Waals surface area contributed by atoms with Crippen molar-refractivity contribution in [1.29, 1.82) is 0 Å². The van der Waals surface area contributed by atoms with E-state index < -0.39 is 11.7 Å². The molecule has 1 saturated heterocycles. The lowest BCUT2D eigenvalue weighted by Crippen LogP contribution is -2.47. The van der Waals surface area contributed by atoms with Gasteiger partial charge < -0.3 is 14.4 Å². The number of piperazine rings is 1. The van der Waals surface area contributed by atoms with Crippen molar-refractivity contribution in [2.75, 3.05) is 33.2 Å². The van der Waals surface area contributed by atoms with Crippen molar-refractivity contribution >= 4 is 43.4 Å². The number of nitrogens with zero attached hydrogens (tertiary/aromatic N) is 3. The summed E-state index contributed by atoms with van der Waals surface area (Å²) < 4.78 is 42.3. The molecule has 154 valence electrons. The van der Waals surface area contributed by atoms with Gasteiger partial charge in [0.1, 0.15) is 5.69 Å². The predicted octanol–water partition coefficient (Wildman–Crippen LogP) is 4.92. The topological polar surface area (TPSA) is 28.5 Å². The molecule has 0 spiro atoms. The zero-order chi connectivity index (χ0) is 20.8. The fraction of sp³-hybridized carbons (Fsp3) is 0.350. The zero-order valence-electron chi connectivity index (χ0n) is 15.7. The Morgan fingerprint density at radius 3 is 2.41 bits per heavy atom. The molecule has 3 heterocycles. The highest BCUT2D eigenvalue weighted by atomic mass is 79.9. The van der Waals surface area contributed by atoms with Crippen molar-refractivity contribution in [3.8, 4) is 0 Å². The molecule has 4 nitrogen and oxygen atoms in total. The highest BCUT2D eigenvalue weighted by Crippen LogP contribution is 2.35. The number of aromatic nitrogens is 1. The van der Waals surface area contributed by atoms with Crippen molar-refractivity contribution < 1.29 is 18.0 Å². The molecule has 0 N–H and O–H groups in total. The average molecular weight is 486 g/mol. The van der Waals surface area contributed by atoms with Crippen LogP contribution in [0.4, 0.5) is 13.2 Å². The molecular formula is C20H19BrF3N3OS. The largest absolute Gasteiger partial charge is 0.416 e. The monoisotopic (exact) mass is 485 g/mol. The van der Waals surface area contributed by atoms with Crippen LogP contribution in [-0.2, 0) is 12.7 Å². The number of thiophene rings is 1. The second-order valence-corrected chi connectivity index (χ2v) is 8.97. The van der Waals surface area contributed by atoms with Gasteiger partial charge in [0.15, 0.2) is 0 Å². The molecule has 1 fully saturated rings. The molecule has 4 rings (SSSR count). The minimum atomic E-state index is -4.36. The van der Waals surface area contributed by atoms with Crippen LogP contribution in [0.3, 0.4) is 0 Å². The third kappa shape index (κ3) is 4.08. The molecule has 29 heavy (non-hydrogen) atoms. The van der Waals surface area contributed by atoms with Gasteiger partial charge in [-0.05, 0) is 46.7 Å². The van der Waals surface area contributed by atoms with Gasteiger partial charge in [-0.25, -0.2) is 0 Å². The highest BCUT2D eigenvalue weighted by molar-refractivity contribution is 9.10. The van der Waals surface area contributed by atoms with Crippen LogP contribution in [0.1, 0.15) is 21.6 Å². The van der Waals surface area contributed by atoms with Gasteiger partial charge in [0.05, 0.1) is 20.3 Å². The molecule has 0 saturated carbocycles. The first kappa shape index (κ1) is 20.4. The maximum Gasteiger partial charge on any atom is 0.416 e. The lowest BCUT2D eigenvalue weighted by molar-refractivity contribution is -0.137. The van der Waals surface area contributed by atoms with Crippen LogP contribution in [0, 0.1) is 0 Å². The Morgan fingerprint density at radius 1 is 1.14 bits per heavy atom. The van der Waals surface area contributed by atoms with Crippen molar-refractivity contribution in [1.82, 2.24) is 14.4 Å². The summed E-state index contributed by atoms with van der Waals surface area (Å²) in [7, 11) is 2.03. The van der Waals surface area contributed by atoms with Crippen LogP contribution in [0.25, 0.3) is 10.2 Å². The fourth-order valence-electron chi connectivity index (χ4n) is 3.53. The third-order valence-corrected chi connectivity index (χ3v) is 7.04. The SMILES string of the molecule is CN1CCN(C(=O)c2cc3scc(Br)c3n2Cc2ccc(C(F)(F)F)cc2)CC1. The molecule has 3 aromatic rings. The highest BCUT2D eigenvalue weighted by Gasteiger charge is 2.30. The van der Waals surface area contributed by atoms with E-state index >= 15 is 0 Å². The Kier molecular flexibility index (Phi) is 5.48. The predicted molar refractivity (Wildman–Crippen MR) is 111 cm³/mol. The molecule has 0 aliphatic carbocycles. The van der Waals surface area contributed by atoms with Crippen molar-refractivity contribution in [3.63, 3.8) is 0 Å². The number of likely N-dealkylation sites (N-methyl/N-ethyl adjacent to an activating group) is 1. The molecular weight excluding hydrogens is 467 g/mol. The van der Waals surface area contributed by atoms with E-state index in [1.165, 1.54) is 23.5 Å². The summed E-state index contributed by atoms with van der Waals surface area (Å²) >= 11 is 5.08. The number of hydrogen-bond acceptors (Lipinski definition) is 3. The van der Waals surface area contributed by atoms with Gasteiger partial charge in [0, 0.05) is 38.1 Å². The van der Waals surface area contributed by atoms with Crippen LogP contribution in [0.15, 0.2) is 40.2 Å². The van der Waals surface area contributed by atoms with Crippen molar-refractivity contribution in [2.24, 2.45) is 0 Å². The minimum Gasteiger partial charge on any atom is -0.335 e. The van der Waals surface area contributed by atoms with E-state index in [9.17, 15) is 18.0 Å². The first-order valence-electron chi connectivity index (χ1n) is 9.14. The van der Waals surface area contributed by atoms with Gasteiger partial charge in [-0.1, -0.05) is 12.1 Å². The van der Waals surface area contributed by atoms with E-state index in [0.29, 0.717) is 30.9 Å². The Labute approximate surface area is 178 Å². The smallest absolute Gasteiger partial charge is 0.335 e. The second kappa shape index (κ2) is 7.77. The van der Waals surface area contributed by atoms with E-state index in [1.807, 2.05) is 28.0 Å². The van der Waals surface area contributed by atoms with E-state index in [2.05, 4.69) is 20.8 Å². The Hall–Kier alpha value is -1.84. The number of carbonyl (C=O) groups is 1. The van der Waals surface area contributed by atoms with Crippen LogP contribution in [0.5, 0.6) is 0 Å². The first-order valence-corrected chi connectivity index (χ1v) is 10.8. The molecule has 2 aromatic heterocycles. The third-order valence-electron chi connectivity index (χ3n) is 5.21. The minimum absolute atomic E-state index is 0.0414. The van der Waals surface area contributed by atoms with Crippen molar-refractivity contribution in [2.45, 2.75) is 12.7 Å². The van der Waals surface area contributed by atoms with Gasteiger partial charge in [0.25, 0.3) is 5.91 Å². The molecule has 0 bridgehead atoms. The lowest BCUT2D eigenvalue weighted by Gasteiger charge is -2.32. The van der Waals surface area contributed by atoms with Crippen LogP contribution < -0.4 is 0 Å². The number of amides is 1. The molecule has 1 aliphatic heterocycles. The Bertz CT molecular complexity index is 1030. The van der Waals surface area contributed by atoms with E-state index in [0.717, 1.165) is 39.9 Å². The molecule has 9 heteroatoms. The molecule has 0 unspecified atom stereocenters. The average Bonchev–Trinajstić information content (AvgIpc) is 3.22.